The van der Waals surface area contributed by atoms with Crippen LogP contribution in [-0.2, 0) is 52.8 Å². The lowest BCUT2D eigenvalue weighted by Gasteiger charge is -2.43. The maximum atomic E-state index is 12.7. The van der Waals surface area contributed by atoms with Gasteiger partial charge in [-0.3, -0.25) is 19.2 Å². The molecule has 2 aliphatic heterocycles. The summed E-state index contributed by atoms with van der Waals surface area (Å²) in [6.07, 6.45) is 4.32. The van der Waals surface area contributed by atoms with Gasteiger partial charge in [0.25, 0.3) is 0 Å². The molecule has 112 heavy (non-hydrogen) atoms. The first-order chi connectivity index (χ1) is 53.9. The van der Waals surface area contributed by atoms with Gasteiger partial charge >= 0.3 is 34.6 Å². The first-order valence-electron chi connectivity index (χ1n) is 36.3. The van der Waals surface area contributed by atoms with E-state index in [9.17, 15) is 43.5 Å². The van der Waals surface area contributed by atoms with Crippen LogP contribution in [0.5, 0.6) is 0 Å². The van der Waals surface area contributed by atoms with Gasteiger partial charge in [0.05, 0.1) is 101 Å². The van der Waals surface area contributed by atoms with Crippen LogP contribution in [0.15, 0.2) is 155 Å². The third kappa shape index (κ3) is 22.2. The first kappa shape index (κ1) is 83.5. The molecule has 2 N–H and O–H groups in total. The minimum Gasteiger partial charge on any atom is -0.834 e. The number of fused-ring (bicyclic) bond motifs is 4. The molecule has 0 aliphatic carbocycles. The number of unbranched alkanes of at least 4 members (excludes halogenated alkanes) is 2. The predicted octanol–water partition coefficient (Wildman–Crippen LogP) is 12.0. The number of piperazine rings is 2. The molecule has 1 amide bonds. The fourth-order valence-electron chi connectivity index (χ4n) is 12.8. The summed E-state index contributed by atoms with van der Waals surface area (Å²) in [6.45, 7) is 20.6. The average Bonchev–Trinajstić information content (AvgIpc) is 1.30. The molecule has 2 aliphatic rings. The Hall–Kier alpha value is -11.0. The number of carbonyl (C=O) groups excluding carboxylic acids is 5. The van der Waals surface area contributed by atoms with Crippen molar-refractivity contribution in [1.29, 1.82) is 0 Å². The second kappa shape index (κ2) is 39.2. The zero-order chi connectivity index (χ0) is 80.2. The molecular formula is C81H86N10O17S4. The number of ether oxygens (including phenoxy) is 1. The fourth-order valence-corrected chi connectivity index (χ4v) is 15.9. The number of aromatic nitrogens is 4. The monoisotopic (exact) mass is 1600 g/mol. The van der Waals surface area contributed by atoms with Crippen LogP contribution >= 0.6 is 45.3 Å². The van der Waals surface area contributed by atoms with Gasteiger partial charge in [-0.2, -0.15) is 9.59 Å². The maximum absolute atomic E-state index is 12.7. The molecule has 0 radical (unpaired) electrons. The van der Waals surface area contributed by atoms with Gasteiger partial charge in [0, 0.05) is 169 Å². The summed E-state index contributed by atoms with van der Waals surface area (Å²) in [4.78, 5) is 137. The lowest BCUT2D eigenvalue weighted by atomic mass is 10.1. The predicted molar refractivity (Wildman–Crippen MR) is 434 cm³/mol. The molecule has 10 heterocycles. The Bertz CT molecular complexity index is 5600. The maximum Gasteiger partial charge on any atom is 0.373 e. The molecular weight excluding hydrogens is 1510 g/mol. The van der Waals surface area contributed by atoms with Crippen molar-refractivity contribution in [3.05, 3.63) is 182 Å². The topological polar surface area (TPSA) is 352 Å². The van der Waals surface area contributed by atoms with Crippen LogP contribution in [0.4, 0.5) is 22.7 Å². The van der Waals surface area contributed by atoms with Crippen LogP contribution in [0.3, 0.4) is 0 Å². The summed E-state index contributed by atoms with van der Waals surface area (Å²) >= 11 is 5.55. The Balaban J connectivity index is 0.000000159. The molecule has 31 heteroatoms. The van der Waals surface area contributed by atoms with Crippen LogP contribution in [-0.4, -0.2) is 164 Å². The molecule has 0 saturated carbocycles. The third-order valence-electron chi connectivity index (χ3n) is 18.9. The highest BCUT2D eigenvalue weighted by atomic mass is 32.1. The van der Waals surface area contributed by atoms with Crippen LogP contribution in [0.25, 0.3) is 87.5 Å². The number of Topliss-reactive ketones (excluding diaryl/α,β-unsaturated/α-hetero) is 2. The van der Waals surface area contributed by atoms with Crippen molar-refractivity contribution in [2.45, 2.75) is 86.5 Å². The molecule has 14 rings (SSSR count). The standard InChI is InChI=1S/C26H33N3O5S.C21H21N3O4S.C19H20N2O4S.C14H12N2O2S.CO2/c1-19(31)14-21-17-35-25(27-21)23-15-20-6-7-22(16-24(20)34-26(23)32)28-8-11-29(2,12-9-28)10-4-3-5-13-33-18-30;1-13(25)9-16-12-29-20(22-16)18-10-15-3-4-17(11-19(15)28-21(18)27)24-7-5-23(6-8-24)14(2)26;1-3-21(4-2)13-6-5-12-9-14(19(24)25-16(12)10-13)15-11-26-17(20-15)7-8-18(22)23;1-8-16-12(7-19-8)11-5-9-3-4-10(15-2)6-13(9)18-14(11)17;2-1-3/h6-7,15-17H,3-5,8-14,18H2,1-2H3;3-4,10-12H,5-9H2,1-2H3;5-6,9-11H,3-4,7-8H2,1-2H3,(H,22,23);3-7,15H,1-2H3;. The number of carboxylic acid groups (broad SMARTS) is 1. The van der Waals surface area contributed by atoms with Gasteiger partial charge in [-0.25, -0.2) is 39.1 Å². The molecule has 0 bridgehead atoms. The fraction of sp³-hybridized carbons (Fsp3) is 0.346. The number of nitrogens with one attached hydrogen (secondary N) is 1. The lowest BCUT2D eigenvalue weighted by molar-refractivity contribution is -0.910. The number of amides is 1. The van der Waals surface area contributed by atoms with Crippen molar-refractivity contribution in [3.63, 3.8) is 0 Å². The Morgan fingerprint density at radius 1 is 0.589 bits per heavy atom. The molecule has 8 aromatic heterocycles. The van der Waals surface area contributed by atoms with Crippen molar-refractivity contribution in [1.82, 2.24) is 24.8 Å². The first-order valence-corrected chi connectivity index (χ1v) is 39.9. The van der Waals surface area contributed by atoms with E-state index in [1.807, 2.05) is 108 Å². The molecule has 12 aromatic rings. The van der Waals surface area contributed by atoms with E-state index in [4.69, 9.17) is 37.1 Å². The van der Waals surface area contributed by atoms with E-state index >= 15 is 0 Å². The second-order valence-corrected chi connectivity index (χ2v) is 30.6. The van der Waals surface area contributed by atoms with Gasteiger partial charge in [0.1, 0.15) is 43.9 Å². The number of quaternary nitrogens is 1. The number of hydrogen-bond acceptors (Lipinski definition) is 28. The number of nitrogens with zero attached hydrogens (tertiary/aromatic N) is 9. The smallest absolute Gasteiger partial charge is 0.373 e. The number of likely N-dealkylation sites (N-methyl/N-ethyl adjacent to an activating group) is 1. The van der Waals surface area contributed by atoms with Gasteiger partial charge < -0.3 is 62.0 Å². The summed E-state index contributed by atoms with van der Waals surface area (Å²) in [6, 6.07) is 30.6. The minimum atomic E-state index is -0.865. The highest BCUT2D eigenvalue weighted by Crippen LogP contribution is 2.33. The zero-order valence-electron chi connectivity index (χ0n) is 63.3. The van der Waals surface area contributed by atoms with Crippen LogP contribution in [0.2, 0.25) is 0 Å². The van der Waals surface area contributed by atoms with Crippen LogP contribution in [0, 0.1) is 6.92 Å². The van der Waals surface area contributed by atoms with E-state index in [1.165, 1.54) is 59.2 Å². The highest BCUT2D eigenvalue weighted by Gasteiger charge is 2.29. The summed E-state index contributed by atoms with van der Waals surface area (Å²) in [5, 5.41) is 35.5. The largest absolute Gasteiger partial charge is 0.834 e. The lowest BCUT2D eigenvalue weighted by Crippen LogP contribution is -2.57. The summed E-state index contributed by atoms with van der Waals surface area (Å²) < 4.78 is 28.1. The number of carbonyl (C=O) groups is 4. The second-order valence-electron chi connectivity index (χ2n) is 26.9. The molecule has 4 aromatic carbocycles. The molecule has 0 atom stereocenters. The van der Waals surface area contributed by atoms with Crippen molar-refractivity contribution in [2.24, 2.45) is 0 Å². The number of carboxylic acids is 1. The van der Waals surface area contributed by atoms with Gasteiger partial charge in [0.2, 0.25) is 5.91 Å². The van der Waals surface area contributed by atoms with E-state index in [2.05, 4.69) is 66.9 Å². The van der Waals surface area contributed by atoms with Gasteiger partial charge in [0.15, 0.2) is 0 Å². The van der Waals surface area contributed by atoms with Crippen molar-refractivity contribution in [3.8, 4) is 43.7 Å². The number of ketones is 2. The van der Waals surface area contributed by atoms with Crippen molar-refractivity contribution in [2.75, 3.05) is 120 Å². The zero-order valence-corrected chi connectivity index (χ0v) is 66.6. The van der Waals surface area contributed by atoms with E-state index in [0.29, 0.717) is 109 Å². The van der Waals surface area contributed by atoms with Gasteiger partial charge in [-0.1, -0.05) is 0 Å². The number of aryl methyl sites for hydroxylation is 2. The van der Waals surface area contributed by atoms with E-state index in [-0.39, 0.29) is 48.5 Å². The Morgan fingerprint density at radius 3 is 1.54 bits per heavy atom. The van der Waals surface area contributed by atoms with E-state index in [0.717, 1.165) is 132 Å². The summed E-state index contributed by atoms with van der Waals surface area (Å²) in [5.41, 5.74) is 8.79. The molecule has 27 nitrogen and oxygen atoms in total. The third-order valence-corrected chi connectivity index (χ3v) is 22.4. The number of thiazole rings is 4. The quantitative estimate of drug-likeness (QED) is 0.0245. The van der Waals surface area contributed by atoms with Crippen molar-refractivity contribution >= 4 is 142 Å². The number of aliphatic carboxylic acids is 1. The number of rotatable bonds is 24. The minimum absolute atomic E-state index is 0.0212. The number of hydrogen-bond donors (Lipinski definition) is 2. The van der Waals surface area contributed by atoms with Crippen molar-refractivity contribution < 1.29 is 65.9 Å². The van der Waals surface area contributed by atoms with Crippen LogP contribution < -0.4 is 47.6 Å². The number of anilines is 4. The van der Waals surface area contributed by atoms with Gasteiger partial charge in [-0.05, 0) is 133 Å². The molecule has 2 saturated heterocycles. The summed E-state index contributed by atoms with van der Waals surface area (Å²) in [5.74, 6) is -0.700. The van der Waals surface area contributed by atoms with E-state index in [1.54, 1.807) is 29.8 Å². The highest BCUT2D eigenvalue weighted by molar-refractivity contribution is 7.13. The molecule has 0 unspecified atom stereocenters. The van der Waals surface area contributed by atoms with Crippen LogP contribution in [0.1, 0.15) is 81.7 Å². The Morgan fingerprint density at radius 2 is 1.06 bits per heavy atom. The molecule has 2 fully saturated rings. The SMILES string of the molecule is CC(=O)Cc1csc(-c2cc3ccc(N4CCN(C(C)=O)CC4)cc3oc2=O)n1.CC(=O)Cc1csc(-c2cc3ccc(N4CC[N+](C)(CCCCCOC[O-])CC4)cc3oc2=O)n1.CCN(CC)c1ccc2cc(-c3csc(CCC(=O)O)n3)c(=O)oc2c1.CNc1ccc2cc(-c3csc(C)n3)c(=O)oc2c1.O=C=O. The number of benzene rings is 4. The molecule has 586 valence electrons. The van der Waals surface area contributed by atoms with E-state index < -0.39 is 29.6 Å². The van der Waals surface area contributed by atoms with Gasteiger partial charge in [-0.15, -0.1) is 45.3 Å². The average molecular weight is 1600 g/mol. The Labute approximate surface area is 659 Å². The summed E-state index contributed by atoms with van der Waals surface area (Å²) in [7, 11) is 4.14. The Kier molecular flexibility index (Phi) is 29.2. The molecule has 0 spiro atoms. The normalized spacial score (nSPS) is 13.1.